The second kappa shape index (κ2) is 1.55. The van der Waals surface area contributed by atoms with Gasteiger partial charge in [-0.15, -0.1) is 10.2 Å². The van der Waals surface area contributed by atoms with Gasteiger partial charge in [0.05, 0.1) is 5.71 Å². The lowest BCUT2D eigenvalue weighted by molar-refractivity contribution is -0.129. The highest BCUT2D eigenvalue weighted by molar-refractivity contribution is 6.54. The third-order valence-corrected chi connectivity index (χ3v) is 2.20. The van der Waals surface area contributed by atoms with Gasteiger partial charge in [-0.2, -0.15) is 0 Å². The lowest BCUT2D eigenvalue weighted by atomic mass is 10.1. The predicted molar refractivity (Wildman–Crippen MR) is 42.2 cm³/mol. The first-order chi connectivity index (χ1) is 5.77. The first-order valence-electron chi connectivity index (χ1n) is 3.61. The topological polar surface area (TPSA) is 62.0 Å². The number of carbonyl (C=O) groups is 1. The van der Waals surface area contributed by atoms with Gasteiger partial charge in [0.25, 0.3) is 0 Å². The molecule has 0 amide bonds. The lowest BCUT2D eigenvalue weighted by Crippen LogP contribution is -2.16. The van der Waals surface area contributed by atoms with Crippen molar-refractivity contribution in [2.45, 2.75) is 6.42 Å². The molecule has 0 bridgehead atoms. The van der Waals surface area contributed by atoms with Crippen molar-refractivity contribution in [2.24, 2.45) is 10.2 Å². The molecule has 0 saturated carbocycles. The van der Waals surface area contributed by atoms with E-state index >= 15 is 0 Å². The summed E-state index contributed by atoms with van der Waals surface area (Å²) in [5.41, 5.74) is 3.95. The molecule has 0 unspecified atom stereocenters. The number of fused-ring (bicyclic) bond motifs is 2. The van der Waals surface area contributed by atoms with E-state index in [2.05, 4.69) is 10.2 Å². The van der Waals surface area contributed by atoms with Crippen LogP contribution in [-0.4, -0.2) is 22.5 Å². The van der Waals surface area contributed by atoms with Crippen LogP contribution in [0.1, 0.15) is 6.42 Å². The molecule has 0 fully saturated rings. The summed E-state index contributed by atoms with van der Waals surface area (Å²) in [6, 6.07) is 0. The summed E-state index contributed by atoms with van der Waals surface area (Å²) < 4.78 is 0. The van der Waals surface area contributed by atoms with Crippen LogP contribution in [0.25, 0.3) is 0 Å². The third-order valence-electron chi connectivity index (χ3n) is 2.20. The molecule has 0 saturated heterocycles. The Bertz CT molecular complexity index is 438. The number of hydrogen-bond donors (Lipinski definition) is 1. The summed E-state index contributed by atoms with van der Waals surface area (Å²) in [6.45, 7) is 0. The van der Waals surface area contributed by atoms with E-state index in [-0.39, 0.29) is 5.71 Å². The maximum absolute atomic E-state index is 10.6. The minimum absolute atomic E-state index is 0.0807. The number of carboxylic acids is 1. The summed E-state index contributed by atoms with van der Waals surface area (Å²) in [5.74, 6) is -0.998. The fraction of sp³-hybridized carbons (Fsp3) is 0.125. The van der Waals surface area contributed by atoms with Crippen LogP contribution in [0.5, 0.6) is 0 Å². The number of allylic oxidation sites excluding steroid dienone is 3. The molecule has 4 nitrogen and oxygen atoms in total. The van der Waals surface area contributed by atoms with Crippen molar-refractivity contribution in [3.63, 3.8) is 0 Å². The van der Waals surface area contributed by atoms with Crippen LogP contribution in [-0.2, 0) is 4.79 Å². The van der Waals surface area contributed by atoms with Crippen LogP contribution >= 0.6 is 0 Å². The molecule has 3 aliphatic rings. The van der Waals surface area contributed by atoms with E-state index in [1.807, 2.05) is 6.08 Å². The molecule has 4 heteroatoms. The van der Waals surface area contributed by atoms with Gasteiger partial charge in [0.2, 0.25) is 0 Å². The number of hydrogen-bond acceptors (Lipinski definition) is 3. The molecule has 3 rings (SSSR count). The number of carboxylic acid groups (broad SMARTS) is 1. The Morgan fingerprint density at radius 1 is 1.50 bits per heavy atom. The first-order valence-corrected chi connectivity index (χ1v) is 3.61. The Balaban J connectivity index is 2.09. The van der Waals surface area contributed by atoms with E-state index < -0.39 is 5.97 Å². The smallest absolute Gasteiger partial charge is 0.357 e. The van der Waals surface area contributed by atoms with Gasteiger partial charge in [0, 0.05) is 12.0 Å². The molecule has 2 aliphatic carbocycles. The summed E-state index contributed by atoms with van der Waals surface area (Å²) in [5, 5.41) is 16.1. The molecule has 0 atom stereocenters. The predicted octanol–water partition coefficient (Wildman–Crippen LogP) is 0.522. The largest absolute Gasteiger partial charge is 0.476 e. The van der Waals surface area contributed by atoms with Crippen LogP contribution in [0.3, 0.4) is 0 Å². The van der Waals surface area contributed by atoms with E-state index in [9.17, 15) is 4.79 Å². The zero-order valence-corrected chi connectivity index (χ0v) is 6.03. The van der Waals surface area contributed by atoms with E-state index in [4.69, 9.17) is 5.11 Å². The van der Waals surface area contributed by atoms with Crippen LogP contribution < -0.4 is 0 Å². The van der Waals surface area contributed by atoms with E-state index in [0.717, 1.165) is 12.1 Å². The fourth-order valence-electron chi connectivity index (χ4n) is 1.53. The molecule has 0 spiro atoms. The van der Waals surface area contributed by atoms with E-state index in [1.165, 1.54) is 11.1 Å². The first kappa shape index (κ1) is 5.88. The van der Waals surface area contributed by atoms with E-state index in [0.29, 0.717) is 5.57 Å². The summed E-state index contributed by atoms with van der Waals surface area (Å²) in [6.07, 6.45) is 2.83. The monoisotopic (exact) mass is 160 g/mol. The highest BCUT2D eigenvalue weighted by Gasteiger charge is 2.39. The van der Waals surface area contributed by atoms with Gasteiger partial charge in [-0.1, -0.05) is 0 Å². The van der Waals surface area contributed by atoms with Gasteiger partial charge in [-0.25, -0.2) is 4.79 Å². The molecule has 1 aliphatic heterocycles. The maximum atomic E-state index is 10.6. The van der Waals surface area contributed by atoms with Gasteiger partial charge < -0.3 is 5.11 Å². The normalized spacial score (nSPS) is 22.8. The molecular weight excluding hydrogens is 156 g/mol. The second-order valence-electron chi connectivity index (χ2n) is 2.94. The third kappa shape index (κ3) is 0.514. The van der Waals surface area contributed by atoms with Crippen molar-refractivity contribution in [3.05, 3.63) is 22.8 Å². The van der Waals surface area contributed by atoms with Crippen LogP contribution in [0.2, 0.25) is 0 Å². The Hall–Kier alpha value is -1.71. The van der Waals surface area contributed by atoms with Gasteiger partial charge in [-0.05, 0) is 17.2 Å². The fourth-order valence-corrected chi connectivity index (χ4v) is 1.53. The van der Waals surface area contributed by atoms with Crippen LogP contribution in [0.4, 0.5) is 0 Å². The van der Waals surface area contributed by atoms with Gasteiger partial charge in [0.1, 0.15) is 0 Å². The molecule has 58 valence electrons. The maximum Gasteiger partial charge on any atom is 0.357 e. The number of aliphatic carboxylic acids is 1. The zero-order valence-electron chi connectivity index (χ0n) is 6.03. The van der Waals surface area contributed by atoms with Crippen molar-refractivity contribution in [1.29, 1.82) is 0 Å². The lowest BCUT2D eigenvalue weighted by Gasteiger charge is -1.96. The zero-order chi connectivity index (χ0) is 8.29. The summed E-state index contributed by atoms with van der Waals surface area (Å²) in [7, 11) is 0. The van der Waals surface area contributed by atoms with Gasteiger partial charge >= 0.3 is 5.97 Å². The Morgan fingerprint density at radius 2 is 2.33 bits per heavy atom. The quantitative estimate of drug-likeness (QED) is 0.607. The molecule has 12 heavy (non-hydrogen) atoms. The molecule has 0 aromatic heterocycles. The number of rotatable bonds is 1. The highest BCUT2D eigenvalue weighted by atomic mass is 16.4. The summed E-state index contributed by atoms with van der Waals surface area (Å²) in [4.78, 5) is 10.6. The Morgan fingerprint density at radius 3 is 3.08 bits per heavy atom. The Kier molecular flexibility index (Phi) is 0.760. The number of nitrogens with zero attached hydrogens (tertiary/aromatic N) is 2. The molecule has 0 aromatic carbocycles. The second-order valence-corrected chi connectivity index (χ2v) is 2.94. The highest BCUT2D eigenvalue weighted by Crippen LogP contribution is 2.43. The van der Waals surface area contributed by atoms with E-state index in [1.54, 1.807) is 0 Å². The molecule has 1 heterocycles. The van der Waals surface area contributed by atoms with Crippen LogP contribution in [0.15, 0.2) is 33.0 Å². The standard InChI is InChI=1S/C8H4N2O2/c11-8(12)7-5-2-3-1-4(3)6(5)9-10-7/h2H,1H2,(H,11,12). The van der Waals surface area contributed by atoms with Crippen molar-refractivity contribution < 1.29 is 9.90 Å². The molecule has 1 N–H and O–H groups in total. The minimum Gasteiger partial charge on any atom is -0.476 e. The van der Waals surface area contributed by atoms with Crippen molar-refractivity contribution >= 4 is 17.4 Å². The molecule has 0 aromatic rings. The average molecular weight is 160 g/mol. The van der Waals surface area contributed by atoms with Crippen molar-refractivity contribution in [3.8, 4) is 0 Å². The summed E-state index contributed by atoms with van der Waals surface area (Å²) >= 11 is 0. The van der Waals surface area contributed by atoms with Gasteiger partial charge in [-0.3, -0.25) is 0 Å². The van der Waals surface area contributed by atoms with Crippen molar-refractivity contribution in [1.82, 2.24) is 0 Å². The van der Waals surface area contributed by atoms with Gasteiger partial charge in [0.15, 0.2) is 5.71 Å². The molecular formula is C8H4N2O2. The van der Waals surface area contributed by atoms with Crippen LogP contribution in [0, 0.1) is 0 Å². The average Bonchev–Trinajstić information content (AvgIpc) is 2.54. The minimum atomic E-state index is -0.998. The molecule has 0 radical (unpaired) electrons. The SMILES string of the molecule is O=C(O)C1=NN=C2C1=CC1=C2C1. The van der Waals surface area contributed by atoms with Crippen molar-refractivity contribution in [2.75, 3.05) is 0 Å². The Labute approximate surface area is 67.6 Å².